The second kappa shape index (κ2) is 5.92. The number of carbonyl (C=O) groups is 2. The summed E-state index contributed by atoms with van der Waals surface area (Å²) in [6.07, 6.45) is -0.773. The molecule has 1 atom stereocenters. The minimum absolute atomic E-state index is 0.0679. The Morgan fingerprint density at radius 1 is 1.45 bits per heavy atom. The lowest BCUT2D eigenvalue weighted by atomic mass is 10.1. The molecule has 108 valence electrons. The third-order valence-corrected chi connectivity index (χ3v) is 3.20. The highest BCUT2D eigenvalue weighted by Gasteiger charge is 2.31. The number of methoxy groups -OCH3 is 1. The summed E-state index contributed by atoms with van der Waals surface area (Å²) in [6.45, 7) is 2.60. The monoisotopic (exact) mass is 279 g/mol. The van der Waals surface area contributed by atoms with Crippen molar-refractivity contribution in [1.82, 2.24) is 4.90 Å². The summed E-state index contributed by atoms with van der Waals surface area (Å²) in [7, 11) is 1.28. The molecule has 0 saturated carbocycles. The number of rotatable bonds is 2. The molecular formula is C14H17NO5. The molecule has 1 N–H and O–H groups in total. The Balaban J connectivity index is 2.16. The lowest BCUT2D eigenvalue weighted by molar-refractivity contribution is -0.158. The SMILES string of the molecule is COC(=O)C1CN(C(=O)c2cc(C)ccc2O)CCO1. The zero-order valence-corrected chi connectivity index (χ0v) is 11.5. The minimum atomic E-state index is -0.773. The van der Waals surface area contributed by atoms with Crippen LogP contribution < -0.4 is 0 Å². The molecule has 1 heterocycles. The lowest BCUT2D eigenvalue weighted by Gasteiger charge is -2.31. The van der Waals surface area contributed by atoms with Crippen molar-refractivity contribution in [3.05, 3.63) is 29.3 Å². The van der Waals surface area contributed by atoms with E-state index >= 15 is 0 Å². The number of morpholine rings is 1. The van der Waals surface area contributed by atoms with Crippen molar-refractivity contribution in [2.24, 2.45) is 0 Å². The molecule has 0 bridgehead atoms. The molecule has 2 rings (SSSR count). The zero-order chi connectivity index (χ0) is 14.7. The summed E-state index contributed by atoms with van der Waals surface area (Å²) in [6, 6.07) is 4.84. The number of hydrogen-bond acceptors (Lipinski definition) is 5. The van der Waals surface area contributed by atoms with E-state index in [1.807, 2.05) is 6.92 Å². The van der Waals surface area contributed by atoms with Gasteiger partial charge in [-0.25, -0.2) is 4.79 Å². The first kappa shape index (κ1) is 14.3. The summed E-state index contributed by atoms with van der Waals surface area (Å²) in [5.41, 5.74) is 1.11. The van der Waals surface area contributed by atoms with Gasteiger partial charge in [0, 0.05) is 6.54 Å². The topological polar surface area (TPSA) is 76.1 Å². The van der Waals surface area contributed by atoms with Crippen LogP contribution in [0.2, 0.25) is 0 Å². The summed E-state index contributed by atoms with van der Waals surface area (Å²) >= 11 is 0. The molecule has 0 aliphatic carbocycles. The Bertz CT molecular complexity index is 528. The van der Waals surface area contributed by atoms with Crippen LogP contribution in [0.25, 0.3) is 0 Å². The summed E-state index contributed by atoms with van der Waals surface area (Å²) in [5, 5.41) is 9.79. The number of nitrogens with zero attached hydrogens (tertiary/aromatic N) is 1. The van der Waals surface area contributed by atoms with Gasteiger partial charge in [0.2, 0.25) is 0 Å². The molecule has 6 heteroatoms. The van der Waals surface area contributed by atoms with Gasteiger partial charge < -0.3 is 19.5 Å². The van der Waals surface area contributed by atoms with Crippen molar-refractivity contribution in [3.8, 4) is 5.75 Å². The normalized spacial score (nSPS) is 18.7. The molecule has 1 fully saturated rings. The van der Waals surface area contributed by atoms with Gasteiger partial charge in [-0.15, -0.1) is 0 Å². The van der Waals surface area contributed by atoms with E-state index in [2.05, 4.69) is 4.74 Å². The fourth-order valence-electron chi connectivity index (χ4n) is 2.10. The third kappa shape index (κ3) is 2.91. The van der Waals surface area contributed by atoms with Gasteiger partial charge in [0.25, 0.3) is 5.91 Å². The molecular weight excluding hydrogens is 262 g/mol. The first-order valence-corrected chi connectivity index (χ1v) is 6.31. The summed E-state index contributed by atoms with van der Waals surface area (Å²) < 4.78 is 9.88. The van der Waals surface area contributed by atoms with E-state index in [4.69, 9.17) is 4.74 Å². The van der Waals surface area contributed by atoms with Gasteiger partial charge in [-0.2, -0.15) is 0 Å². The maximum absolute atomic E-state index is 12.4. The maximum atomic E-state index is 12.4. The number of benzene rings is 1. The van der Waals surface area contributed by atoms with Gasteiger partial charge in [0.1, 0.15) is 5.75 Å². The van der Waals surface area contributed by atoms with E-state index in [9.17, 15) is 14.7 Å². The Morgan fingerprint density at radius 3 is 2.90 bits per heavy atom. The van der Waals surface area contributed by atoms with Crippen molar-refractivity contribution < 1.29 is 24.2 Å². The molecule has 1 saturated heterocycles. The highest BCUT2D eigenvalue weighted by molar-refractivity contribution is 5.97. The first-order valence-electron chi connectivity index (χ1n) is 6.31. The van der Waals surface area contributed by atoms with Crippen LogP contribution in [0.3, 0.4) is 0 Å². The number of aryl methyl sites for hydroxylation is 1. The van der Waals surface area contributed by atoms with Gasteiger partial charge >= 0.3 is 5.97 Å². The first-order chi connectivity index (χ1) is 9.52. The average Bonchev–Trinajstić information content (AvgIpc) is 2.48. The standard InChI is InChI=1S/C14H17NO5/c1-9-3-4-11(16)10(7-9)13(17)15-5-6-20-12(8-15)14(18)19-2/h3-4,7,12,16H,5-6,8H2,1-2H3. The van der Waals surface area contributed by atoms with E-state index in [1.54, 1.807) is 12.1 Å². The van der Waals surface area contributed by atoms with Crippen molar-refractivity contribution in [2.75, 3.05) is 26.8 Å². The molecule has 1 unspecified atom stereocenters. The van der Waals surface area contributed by atoms with Crippen LogP contribution in [0.1, 0.15) is 15.9 Å². The molecule has 6 nitrogen and oxygen atoms in total. The molecule has 1 aliphatic heterocycles. The highest BCUT2D eigenvalue weighted by Crippen LogP contribution is 2.21. The molecule has 1 aliphatic rings. The van der Waals surface area contributed by atoms with E-state index in [0.29, 0.717) is 6.54 Å². The second-order valence-electron chi connectivity index (χ2n) is 4.65. The molecule has 0 aromatic heterocycles. The maximum Gasteiger partial charge on any atom is 0.336 e. The summed E-state index contributed by atoms with van der Waals surface area (Å²) in [5.74, 6) is -0.888. The Hall–Kier alpha value is -2.08. The molecule has 0 radical (unpaired) electrons. The number of amides is 1. The van der Waals surface area contributed by atoms with Crippen LogP contribution in [-0.4, -0.2) is 54.8 Å². The molecule has 1 aromatic rings. The number of hydrogen-bond donors (Lipinski definition) is 1. The van der Waals surface area contributed by atoms with Crippen molar-refractivity contribution in [3.63, 3.8) is 0 Å². The number of phenolic OH excluding ortho intramolecular Hbond substituents is 1. The predicted molar refractivity (Wildman–Crippen MR) is 70.5 cm³/mol. The van der Waals surface area contributed by atoms with Gasteiger partial charge in [-0.05, 0) is 19.1 Å². The van der Waals surface area contributed by atoms with Crippen molar-refractivity contribution >= 4 is 11.9 Å². The number of esters is 1. The third-order valence-electron chi connectivity index (χ3n) is 3.20. The van der Waals surface area contributed by atoms with E-state index < -0.39 is 12.1 Å². The molecule has 1 aromatic carbocycles. The number of aromatic hydroxyl groups is 1. The summed E-state index contributed by atoms with van der Waals surface area (Å²) in [4.78, 5) is 25.3. The number of carbonyl (C=O) groups excluding carboxylic acids is 2. The van der Waals surface area contributed by atoms with Gasteiger partial charge in [-0.3, -0.25) is 4.79 Å². The van der Waals surface area contributed by atoms with Gasteiger partial charge in [-0.1, -0.05) is 11.6 Å². The van der Waals surface area contributed by atoms with E-state index in [0.717, 1.165) is 5.56 Å². The fourth-order valence-corrected chi connectivity index (χ4v) is 2.10. The van der Waals surface area contributed by atoms with Crippen molar-refractivity contribution in [2.45, 2.75) is 13.0 Å². The fraction of sp³-hybridized carbons (Fsp3) is 0.429. The predicted octanol–water partition coefficient (Wildman–Crippen LogP) is 0.715. The molecule has 1 amide bonds. The largest absolute Gasteiger partial charge is 0.507 e. The van der Waals surface area contributed by atoms with Crippen molar-refractivity contribution in [1.29, 1.82) is 0 Å². The van der Waals surface area contributed by atoms with Crippen LogP contribution in [0, 0.1) is 6.92 Å². The average molecular weight is 279 g/mol. The molecule has 0 spiro atoms. The van der Waals surface area contributed by atoms with Crippen LogP contribution in [-0.2, 0) is 14.3 Å². The Labute approximate surface area is 116 Å². The van der Waals surface area contributed by atoms with Crippen LogP contribution in [0.5, 0.6) is 5.75 Å². The zero-order valence-electron chi connectivity index (χ0n) is 11.5. The Kier molecular flexibility index (Phi) is 4.24. The van der Waals surface area contributed by atoms with Crippen LogP contribution in [0.4, 0.5) is 0 Å². The lowest BCUT2D eigenvalue weighted by Crippen LogP contribution is -2.48. The second-order valence-corrected chi connectivity index (χ2v) is 4.65. The smallest absolute Gasteiger partial charge is 0.336 e. The minimum Gasteiger partial charge on any atom is -0.507 e. The van der Waals surface area contributed by atoms with Crippen LogP contribution >= 0.6 is 0 Å². The number of ether oxygens (including phenoxy) is 2. The van der Waals surface area contributed by atoms with E-state index in [1.165, 1.54) is 18.1 Å². The van der Waals surface area contributed by atoms with E-state index in [-0.39, 0.29) is 30.4 Å². The van der Waals surface area contributed by atoms with Crippen LogP contribution in [0.15, 0.2) is 18.2 Å². The highest BCUT2D eigenvalue weighted by atomic mass is 16.6. The quantitative estimate of drug-likeness (QED) is 0.807. The Morgan fingerprint density at radius 2 is 2.20 bits per heavy atom. The van der Waals surface area contributed by atoms with Gasteiger partial charge in [0.15, 0.2) is 6.10 Å². The van der Waals surface area contributed by atoms with Gasteiger partial charge in [0.05, 0.1) is 25.8 Å². The molecule has 20 heavy (non-hydrogen) atoms. The number of phenols is 1.